The Morgan fingerprint density at radius 1 is 0.976 bits per heavy atom. The van der Waals surface area contributed by atoms with Crippen molar-refractivity contribution in [1.29, 1.82) is 0 Å². The Morgan fingerprint density at radius 3 is 2.63 bits per heavy atom. The second-order valence-corrected chi connectivity index (χ2v) is 10.9. The number of aryl methyl sites for hydroxylation is 1. The summed E-state index contributed by atoms with van der Waals surface area (Å²) >= 11 is 0. The number of carbonyl (C=O) groups is 1. The topological polar surface area (TPSA) is 76.0 Å². The highest BCUT2D eigenvalue weighted by Crippen LogP contribution is 2.36. The van der Waals surface area contributed by atoms with Crippen LogP contribution in [0.2, 0.25) is 0 Å². The van der Waals surface area contributed by atoms with Crippen LogP contribution in [0.15, 0.2) is 48.8 Å². The standard InChI is InChI=1S/C31H33FN6O3/c1-21-5-6-23-25(34-21)3-2-4-26(23)36-13-11-35(12-14-36)10-9-22-24(32)7-8-27-30(22)41-19-28-29(33-20-38(27)28)31(39)37-15-17-40-18-16-37/h2-8,20H,9-19H2,1H3. The lowest BCUT2D eigenvalue weighted by Crippen LogP contribution is -2.47. The molecule has 0 atom stereocenters. The average molecular weight is 557 g/mol. The van der Waals surface area contributed by atoms with Gasteiger partial charge in [0.05, 0.1) is 30.1 Å². The highest BCUT2D eigenvalue weighted by atomic mass is 19.1. The maximum Gasteiger partial charge on any atom is 0.274 e. The maximum absolute atomic E-state index is 15.1. The normalized spacial score (nSPS) is 17.3. The van der Waals surface area contributed by atoms with E-state index in [0.717, 1.165) is 49.6 Å². The van der Waals surface area contributed by atoms with Crippen molar-refractivity contribution < 1.29 is 18.7 Å². The number of imidazole rings is 1. The van der Waals surface area contributed by atoms with Gasteiger partial charge >= 0.3 is 0 Å². The van der Waals surface area contributed by atoms with Crippen LogP contribution in [-0.4, -0.2) is 89.3 Å². The summed E-state index contributed by atoms with van der Waals surface area (Å²) in [7, 11) is 0. The van der Waals surface area contributed by atoms with Crippen LogP contribution in [-0.2, 0) is 17.8 Å². The van der Waals surface area contributed by atoms with Crippen LogP contribution in [0.5, 0.6) is 5.75 Å². The summed E-state index contributed by atoms with van der Waals surface area (Å²) in [4.78, 5) is 28.8. The zero-order chi connectivity index (χ0) is 27.9. The van der Waals surface area contributed by atoms with Gasteiger partial charge in [-0.2, -0.15) is 0 Å². The van der Waals surface area contributed by atoms with Gasteiger partial charge in [0.1, 0.15) is 24.5 Å². The van der Waals surface area contributed by atoms with Crippen molar-refractivity contribution in [2.75, 3.05) is 63.9 Å². The van der Waals surface area contributed by atoms with Crippen LogP contribution in [0.3, 0.4) is 0 Å². The van der Waals surface area contributed by atoms with Gasteiger partial charge in [-0.05, 0) is 49.7 Å². The highest BCUT2D eigenvalue weighted by Gasteiger charge is 2.30. The van der Waals surface area contributed by atoms with Gasteiger partial charge in [0.25, 0.3) is 5.91 Å². The zero-order valence-corrected chi connectivity index (χ0v) is 23.2. The first kappa shape index (κ1) is 25.9. The van der Waals surface area contributed by atoms with E-state index in [9.17, 15) is 4.79 Å². The van der Waals surface area contributed by atoms with Crippen LogP contribution in [0, 0.1) is 12.7 Å². The van der Waals surface area contributed by atoms with E-state index in [4.69, 9.17) is 9.47 Å². The molecule has 0 spiro atoms. The monoisotopic (exact) mass is 556 g/mol. The van der Waals surface area contributed by atoms with E-state index in [1.54, 1.807) is 17.3 Å². The van der Waals surface area contributed by atoms with Gasteiger partial charge in [0.2, 0.25) is 0 Å². The predicted molar refractivity (Wildman–Crippen MR) is 153 cm³/mol. The number of ether oxygens (including phenoxy) is 2. The third-order valence-electron chi connectivity index (χ3n) is 8.40. The molecule has 10 heteroatoms. The van der Waals surface area contributed by atoms with Gasteiger partial charge in [0, 0.05) is 68.1 Å². The first-order chi connectivity index (χ1) is 20.1. The molecule has 3 aliphatic heterocycles. The number of benzene rings is 2. The van der Waals surface area contributed by atoms with Crippen LogP contribution in [0.25, 0.3) is 16.6 Å². The number of amides is 1. The van der Waals surface area contributed by atoms with Gasteiger partial charge in [-0.1, -0.05) is 6.07 Å². The van der Waals surface area contributed by atoms with E-state index in [1.165, 1.54) is 17.1 Å². The van der Waals surface area contributed by atoms with Gasteiger partial charge in [-0.3, -0.25) is 19.2 Å². The Bertz CT molecular complexity index is 1610. The summed E-state index contributed by atoms with van der Waals surface area (Å²) in [6.45, 7) is 8.66. The van der Waals surface area contributed by atoms with E-state index in [1.807, 2.05) is 11.5 Å². The largest absolute Gasteiger partial charge is 0.485 e. The summed E-state index contributed by atoms with van der Waals surface area (Å²) in [6, 6.07) is 13.7. The first-order valence-corrected chi connectivity index (χ1v) is 14.3. The van der Waals surface area contributed by atoms with Gasteiger partial charge in [-0.15, -0.1) is 0 Å². The summed E-state index contributed by atoms with van der Waals surface area (Å²) in [5, 5.41) is 1.18. The van der Waals surface area contributed by atoms with Crippen LogP contribution in [0.1, 0.15) is 27.4 Å². The van der Waals surface area contributed by atoms with Gasteiger partial charge < -0.3 is 19.3 Å². The Morgan fingerprint density at radius 2 is 1.80 bits per heavy atom. The smallest absolute Gasteiger partial charge is 0.274 e. The lowest BCUT2D eigenvalue weighted by atomic mass is 10.1. The molecule has 2 saturated heterocycles. The number of piperazine rings is 1. The maximum atomic E-state index is 15.1. The fraction of sp³-hybridized carbons (Fsp3) is 0.387. The number of hydrogen-bond acceptors (Lipinski definition) is 7. The van der Waals surface area contributed by atoms with Crippen molar-refractivity contribution in [1.82, 2.24) is 24.3 Å². The average Bonchev–Trinajstić information content (AvgIpc) is 3.45. The zero-order valence-electron chi connectivity index (χ0n) is 23.2. The molecule has 3 aliphatic rings. The summed E-state index contributed by atoms with van der Waals surface area (Å²) in [5.74, 6) is 0.150. The molecule has 0 unspecified atom stereocenters. The number of rotatable bonds is 5. The predicted octanol–water partition coefficient (Wildman–Crippen LogP) is 3.60. The number of hydrogen-bond donors (Lipinski definition) is 0. The molecule has 0 N–H and O–H groups in total. The summed E-state index contributed by atoms with van der Waals surface area (Å²) in [6.07, 6.45) is 2.19. The Kier molecular flexibility index (Phi) is 6.80. The fourth-order valence-corrected chi connectivity index (χ4v) is 6.13. The Hall–Kier alpha value is -4.02. The second kappa shape index (κ2) is 10.8. The van der Waals surface area contributed by atoms with Crippen molar-refractivity contribution >= 4 is 22.5 Å². The third-order valence-corrected chi connectivity index (χ3v) is 8.40. The van der Waals surface area contributed by atoms with Gasteiger partial charge in [-0.25, -0.2) is 9.37 Å². The van der Waals surface area contributed by atoms with Crippen molar-refractivity contribution in [3.8, 4) is 11.4 Å². The molecule has 41 heavy (non-hydrogen) atoms. The number of halogens is 1. The number of aromatic nitrogens is 3. The van der Waals surface area contributed by atoms with E-state index in [2.05, 4.69) is 50.1 Å². The number of fused-ring (bicyclic) bond motifs is 4. The van der Waals surface area contributed by atoms with Crippen molar-refractivity contribution in [3.63, 3.8) is 0 Å². The number of nitrogens with zero attached hydrogens (tertiary/aromatic N) is 6. The molecule has 4 aromatic rings. The van der Waals surface area contributed by atoms with Crippen LogP contribution in [0.4, 0.5) is 10.1 Å². The molecule has 2 aromatic heterocycles. The summed E-state index contributed by atoms with van der Waals surface area (Å²) < 4.78 is 28.5. The van der Waals surface area contributed by atoms with E-state index >= 15 is 4.39 Å². The number of carbonyl (C=O) groups excluding carboxylic acids is 1. The Labute approximate surface area is 238 Å². The lowest BCUT2D eigenvalue weighted by Gasteiger charge is -2.36. The minimum Gasteiger partial charge on any atom is -0.485 e. The molecular weight excluding hydrogens is 523 g/mol. The van der Waals surface area contributed by atoms with E-state index in [0.29, 0.717) is 55.4 Å². The molecule has 2 fully saturated rings. The van der Waals surface area contributed by atoms with E-state index < -0.39 is 0 Å². The SMILES string of the molecule is Cc1ccc2c(N3CCN(CCc4c(F)ccc5c4OCc4c(C(=O)N6CCOCC6)ncn4-5)CC3)cccc2n1. The Balaban J connectivity index is 1.04. The van der Waals surface area contributed by atoms with E-state index in [-0.39, 0.29) is 18.3 Å². The molecule has 5 heterocycles. The third kappa shape index (κ3) is 4.81. The molecular formula is C31H33FN6O3. The highest BCUT2D eigenvalue weighted by molar-refractivity contribution is 5.94. The van der Waals surface area contributed by atoms with Crippen LogP contribution < -0.4 is 9.64 Å². The van der Waals surface area contributed by atoms with Crippen LogP contribution >= 0.6 is 0 Å². The number of morpholine rings is 1. The minimum atomic E-state index is -0.269. The lowest BCUT2D eigenvalue weighted by molar-refractivity contribution is 0.0297. The van der Waals surface area contributed by atoms with Crippen molar-refractivity contribution in [2.24, 2.45) is 0 Å². The quantitative estimate of drug-likeness (QED) is 0.372. The molecule has 212 valence electrons. The number of anilines is 1. The second-order valence-electron chi connectivity index (χ2n) is 10.9. The molecule has 1 amide bonds. The number of pyridine rings is 1. The molecule has 0 radical (unpaired) electrons. The first-order valence-electron chi connectivity index (χ1n) is 14.3. The van der Waals surface area contributed by atoms with Crippen molar-refractivity contribution in [3.05, 3.63) is 77.3 Å². The molecule has 0 aliphatic carbocycles. The van der Waals surface area contributed by atoms with Crippen molar-refractivity contribution in [2.45, 2.75) is 20.0 Å². The fourth-order valence-electron chi connectivity index (χ4n) is 6.13. The minimum absolute atomic E-state index is 0.120. The molecule has 2 aromatic carbocycles. The molecule has 9 nitrogen and oxygen atoms in total. The molecule has 0 bridgehead atoms. The van der Waals surface area contributed by atoms with Gasteiger partial charge in [0.15, 0.2) is 5.69 Å². The molecule has 7 rings (SSSR count). The summed E-state index contributed by atoms with van der Waals surface area (Å²) in [5.41, 5.74) is 5.63. The molecule has 0 saturated carbocycles.